The van der Waals surface area contributed by atoms with E-state index in [9.17, 15) is 4.79 Å². The Morgan fingerprint density at radius 2 is 1.97 bits per heavy atom. The molecule has 0 bridgehead atoms. The highest BCUT2D eigenvalue weighted by Gasteiger charge is 2.23. The number of carbonyl (C=O) groups excluding carboxylic acids is 1. The quantitative estimate of drug-likeness (QED) is 0.703. The van der Waals surface area contributed by atoms with E-state index in [0.29, 0.717) is 5.92 Å². The number of hydrogen-bond acceptors (Lipinski definition) is 4. The van der Waals surface area contributed by atoms with Crippen LogP contribution in [-0.4, -0.2) is 45.2 Å². The van der Waals surface area contributed by atoms with Gasteiger partial charge in [0, 0.05) is 37.6 Å². The Hall–Kier alpha value is -2.99. The molecule has 0 unspecified atom stereocenters. The van der Waals surface area contributed by atoms with Gasteiger partial charge < -0.3 is 10.2 Å². The number of carbonyl (C=O) groups is 1. The maximum Gasteiger partial charge on any atom is 0.253 e. The van der Waals surface area contributed by atoms with Crippen molar-refractivity contribution in [1.29, 1.82) is 0 Å². The molecule has 0 saturated carbocycles. The first-order valence-corrected chi connectivity index (χ1v) is 10.2. The number of piperidine rings is 1. The third kappa shape index (κ3) is 4.90. The van der Waals surface area contributed by atoms with Crippen molar-refractivity contribution in [2.75, 3.05) is 19.6 Å². The molecule has 1 saturated heterocycles. The Bertz CT molecular complexity index is 945. The number of aromatic nitrogens is 3. The number of likely N-dealkylation sites (tertiary alicyclic amines) is 1. The third-order valence-corrected chi connectivity index (χ3v) is 5.44. The number of benzene rings is 1. The Balaban J connectivity index is 1.23. The van der Waals surface area contributed by atoms with Gasteiger partial charge in [-0.2, -0.15) is 5.10 Å². The van der Waals surface area contributed by atoms with Crippen molar-refractivity contribution in [3.63, 3.8) is 0 Å². The number of pyridine rings is 1. The fourth-order valence-corrected chi connectivity index (χ4v) is 3.80. The molecule has 1 N–H and O–H groups in total. The first-order chi connectivity index (χ1) is 14.2. The van der Waals surface area contributed by atoms with E-state index in [1.165, 1.54) is 0 Å². The van der Waals surface area contributed by atoms with E-state index in [1.54, 1.807) is 10.9 Å². The molecule has 150 valence electrons. The number of nitrogens with one attached hydrogen (secondary N) is 1. The summed E-state index contributed by atoms with van der Waals surface area (Å²) in [5, 5.41) is 7.76. The van der Waals surface area contributed by atoms with E-state index in [0.717, 1.165) is 61.7 Å². The molecule has 1 amide bonds. The van der Waals surface area contributed by atoms with Crippen molar-refractivity contribution < 1.29 is 4.79 Å². The van der Waals surface area contributed by atoms with E-state index in [1.807, 2.05) is 66.6 Å². The number of rotatable bonds is 6. The topological polar surface area (TPSA) is 63.1 Å². The van der Waals surface area contributed by atoms with Crippen molar-refractivity contribution >= 4 is 5.91 Å². The lowest BCUT2D eigenvalue weighted by atomic mass is 9.96. The fraction of sp³-hybridized carbons (Fsp3) is 0.348. The second-order valence-electron chi connectivity index (χ2n) is 7.67. The fourth-order valence-electron chi connectivity index (χ4n) is 3.80. The molecule has 29 heavy (non-hydrogen) atoms. The van der Waals surface area contributed by atoms with Gasteiger partial charge in [-0.3, -0.25) is 4.79 Å². The Kier molecular flexibility index (Phi) is 6.00. The van der Waals surface area contributed by atoms with Crippen LogP contribution in [0.25, 0.3) is 5.82 Å². The lowest BCUT2D eigenvalue weighted by Gasteiger charge is -2.32. The summed E-state index contributed by atoms with van der Waals surface area (Å²) in [6, 6.07) is 15.7. The molecule has 1 aliphatic rings. The normalized spacial score (nSPS) is 14.9. The molecule has 1 fully saturated rings. The Morgan fingerprint density at radius 1 is 1.14 bits per heavy atom. The van der Waals surface area contributed by atoms with Crippen molar-refractivity contribution in [1.82, 2.24) is 25.0 Å². The van der Waals surface area contributed by atoms with Crippen LogP contribution in [0.1, 0.15) is 34.5 Å². The summed E-state index contributed by atoms with van der Waals surface area (Å²) in [5.41, 5.74) is 2.93. The van der Waals surface area contributed by atoms with Gasteiger partial charge in [-0.15, -0.1) is 0 Å². The van der Waals surface area contributed by atoms with Gasteiger partial charge in [0.05, 0.1) is 5.69 Å². The molecule has 3 heterocycles. The molecule has 0 aliphatic carbocycles. The van der Waals surface area contributed by atoms with Crippen LogP contribution in [0.2, 0.25) is 0 Å². The number of nitrogens with zero attached hydrogens (tertiary/aromatic N) is 4. The van der Waals surface area contributed by atoms with Crippen LogP contribution in [0.4, 0.5) is 0 Å². The second kappa shape index (κ2) is 9.01. The van der Waals surface area contributed by atoms with Gasteiger partial charge in [0.25, 0.3) is 5.91 Å². The van der Waals surface area contributed by atoms with E-state index >= 15 is 0 Å². The minimum Gasteiger partial charge on any atom is -0.339 e. The predicted octanol–water partition coefficient (Wildman–Crippen LogP) is 3.22. The molecule has 3 aromatic rings. The largest absolute Gasteiger partial charge is 0.339 e. The SMILES string of the molecule is Cc1cccc(C(=O)N2CCC(CNCc3cccc(-n4cccn4)n3)CC2)c1. The maximum atomic E-state index is 12.7. The van der Waals surface area contributed by atoms with E-state index in [2.05, 4.69) is 15.4 Å². The molecule has 6 heteroatoms. The smallest absolute Gasteiger partial charge is 0.253 e. The van der Waals surface area contributed by atoms with Crippen molar-refractivity contribution in [3.05, 3.63) is 77.7 Å². The number of aryl methyl sites for hydroxylation is 1. The first kappa shape index (κ1) is 19.3. The van der Waals surface area contributed by atoms with Crippen molar-refractivity contribution in [2.24, 2.45) is 5.92 Å². The zero-order valence-corrected chi connectivity index (χ0v) is 16.8. The van der Waals surface area contributed by atoms with E-state index in [4.69, 9.17) is 0 Å². The van der Waals surface area contributed by atoms with Gasteiger partial charge >= 0.3 is 0 Å². The van der Waals surface area contributed by atoms with Crippen LogP contribution in [0.3, 0.4) is 0 Å². The van der Waals surface area contributed by atoms with Gasteiger partial charge in [0.1, 0.15) is 0 Å². The van der Waals surface area contributed by atoms with Crippen LogP contribution < -0.4 is 5.32 Å². The average Bonchev–Trinajstić information content (AvgIpc) is 3.29. The van der Waals surface area contributed by atoms with Crippen molar-refractivity contribution in [3.8, 4) is 5.82 Å². The van der Waals surface area contributed by atoms with Gasteiger partial charge in [0.2, 0.25) is 0 Å². The van der Waals surface area contributed by atoms with Gasteiger partial charge in [-0.1, -0.05) is 23.8 Å². The summed E-state index contributed by atoms with van der Waals surface area (Å²) in [6.45, 7) is 5.35. The second-order valence-corrected chi connectivity index (χ2v) is 7.67. The van der Waals surface area contributed by atoms with Gasteiger partial charge in [-0.05, 0) is 62.6 Å². The molecule has 4 rings (SSSR count). The lowest BCUT2D eigenvalue weighted by Crippen LogP contribution is -2.40. The summed E-state index contributed by atoms with van der Waals surface area (Å²) in [5.74, 6) is 1.57. The summed E-state index contributed by atoms with van der Waals surface area (Å²) in [7, 11) is 0. The average molecular weight is 390 g/mol. The minimum absolute atomic E-state index is 0.153. The molecule has 0 spiro atoms. The molecule has 1 aromatic carbocycles. The van der Waals surface area contributed by atoms with Gasteiger partial charge in [0.15, 0.2) is 5.82 Å². The number of amides is 1. The van der Waals surface area contributed by atoms with Crippen LogP contribution in [0, 0.1) is 12.8 Å². The molecule has 2 aromatic heterocycles. The molecule has 0 radical (unpaired) electrons. The third-order valence-electron chi connectivity index (χ3n) is 5.44. The molecule has 6 nitrogen and oxygen atoms in total. The predicted molar refractivity (Wildman–Crippen MR) is 113 cm³/mol. The highest BCUT2D eigenvalue weighted by molar-refractivity contribution is 5.94. The van der Waals surface area contributed by atoms with Crippen LogP contribution in [0.5, 0.6) is 0 Å². The summed E-state index contributed by atoms with van der Waals surface area (Å²) < 4.78 is 1.77. The van der Waals surface area contributed by atoms with Crippen molar-refractivity contribution in [2.45, 2.75) is 26.3 Å². The summed E-state index contributed by atoms with van der Waals surface area (Å²) in [6.07, 6.45) is 5.71. The Labute approximate surface area is 171 Å². The molecular weight excluding hydrogens is 362 g/mol. The highest BCUT2D eigenvalue weighted by atomic mass is 16.2. The summed E-state index contributed by atoms with van der Waals surface area (Å²) in [4.78, 5) is 19.3. The number of hydrogen-bond donors (Lipinski definition) is 1. The lowest BCUT2D eigenvalue weighted by molar-refractivity contribution is 0.0690. The molecule has 0 atom stereocenters. The molecular formula is C23H27N5O. The van der Waals surface area contributed by atoms with Crippen LogP contribution >= 0.6 is 0 Å². The van der Waals surface area contributed by atoms with Crippen LogP contribution in [-0.2, 0) is 6.54 Å². The standard InChI is InChI=1S/C23H27N5O/c1-18-5-2-6-20(15-18)23(29)27-13-9-19(10-14-27)16-24-17-21-7-3-8-22(26-21)28-12-4-11-25-28/h2-8,11-12,15,19,24H,9-10,13-14,16-17H2,1H3. The first-order valence-electron chi connectivity index (χ1n) is 10.2. The summed E-state index contributed by atoms with van der Waals surface area (Å²) >= 11 is 0. The monoisotopic (exact) mass is 389 g/mol. The van der Waals surface area contributed by atoms with E-state index in [-0.39, 0.29) is 5.91 Å². The zero-order chi connectivity index (χ0) is 20.1. The molecule has 1 aliphatic heterocycles. The van der Waals surface area contributed by atoms with Gasteiger partial charge in [-0.25, -0.2) is 9.67 Å². The maximum absolute atomic E-state index is 12.7. The zero-order valence-electron chi connectivity index (χ0n) is 16.8. The highest BCUT2D eigenvalue weighted by Crippen LogP contribution is 2.19. The minimum atomic E-state index is 0.153. The Morgan fingerprint density at radius 3 is 2.72 bits per heavy atom. The van der Waals surface area contributed by atoms with E-state index < -0.39 is 0 Å². The van der Waals surface area contributed by atoms with Crippen LogP contribution in [0.15, 0.2) is 60.9 Å².